The molecule has 0 saturated carbocycles. The zero-order valence-corrected chi connectivity index (χ0v) is 12.4. The summed E-state index contributed by atoms with van der Waals surface area (Å²) < 4.78 is 5.16. The van der Waals surface area contributed by atoms with Gasteiger partial charge in [0.15, 0.2) is 0 Å². The van der Waals surface area contributed by atoms with Gasteiger partial charge in [-0.25, -0.2) is 0 Å². The highest BCUT2D eigenvalue weighted by Crippen LogP contribution is 2.25. The summed E-state index contributed by atoms with van der Waals surface area (Å²) in [4.78, 5) is 0. The Hall–Kier alpha value is -1.64. The van der Waals surface area contributed by atoms with E-state index in [0.717, 1.165) is 26.0 Å². The van der Waals surface area contributed by atoms with Crippen molar-refractivity contribution in [1.29, 1.82) is 0 Å². The molecule has 2 aromatic rings. The van der Waals surface area contributed by atoms with Crippen molar-refractivity contribution >= 4 is 0 Å². The predicted molar refractivity (Wildman–Crippen MR) is 85.1 cm³/mol. The first kappa shape index (κ1) is 14.8. The number of rotatable bonds is 7. The molecule has 0 aliphatic carbocycles. The Bertz CT molecular complexity index is 536. The monoisotopic (exact) mass is 269 g/mol. The van der Waals surface area contributed by atoms with Gasteiger partial charge in [0.05, 0.1) is 6.61 Å². The molecular formula is C18H23NO. The Balaban J connectivity index is 2.26. The molecule has 0 radical (unpaired) electrons. The lowest BCUT2D eigenvalue weighted by Crippen LogP contribution is -2.10. The van der Waals surface area contributed by atoms with Crippen molar-refractivity contribution < 1.29 is 4.74 Å². The molecule has 2 nitrogen and oxygen atoms in total. The first-order valence-electron chi connectivity index (χ1n) is 7.16. The Kier molecular flexibility index (Phi) is 5.78. The molecule has 0 aliphatic heterocycles. The molecule has 20 heavy (non-hydrogen) atoms. The third-order valence-electron chi connectivity index (χ3n) is 3.49. The van der Waals surface area contributed by atoms with E-state index in [1.165, 1.54) is 22.3 Å². The van der Waals surface area contributed by atoms with Crippen molar-refractivity contribution in [2.45, 2.75) is 12.8 Å². The minimum atomic E-state index is 0.769. The molecule has 0 aliphatic rings. The molecule has 1 N–H and O–H groups in total. The highest BCUT2D eigenvalue weighted by atomic mass is 16.5. The number of likely N-dealkylation sites (N-methyl/N-ethyl adjacent to an activating group) is 1. The van der Waals surface area contributed by atoms with Gasteiger partial charge in [0.25, 0.3) is 0 Å². The van der Waals surface area contributed by atoms with Crippen LogP contribution in [0.4, 0.5) is 0 Å². The molecule has 0 unspecified atom stereocenters. The van der Waals surface area contributed by atoms with Crippen LogP contribution < -0.4 is 5.32 Å². The Morgan fingerprint density at radius 3 is 2.65 bits per heavy atom. The molecule has 0 amide bonds. The summed E-state index contributed by atoms with van der Waals surface area (Å²) >= 11 is 0. The van der Waals surface area contributed by atoms with E-state index in [-0.39, 0.29) is 0 Å². The van der Waals surface area contributed by atoms with E-state index in [4.69, 9.17) is 4.74 Å². The number of ether oxygens (including phenoxy) is 1. The minimum Gasteiger partial charge on any atom is -0.384 e. The van der Waals surface area contributed by atoms with E-state index in [0.29, 0.717) is 0 Å². The van der Waals surface area contributed by atoms with E-state index < -0.39 is 0 Å². The van der Waals surface area contributed by atoms with Crippen LogP contribution in [-0.4, -0.2) is 27.3 Å². The average molecular weight is 269 g/mol. The van der Waals surface area contributed by atoms with E-state index in [9.17, 15) is 0 Å². The maximum atomic E-state index is 5.16. The van der Waals surface area contributed by atoms with Gasteiger partial charge in [-0.3, -0.25) is 0 Å². The van der Waals surface area contributed by atoms with Crippen LogP contribution in [0.1, 0.15) is 11.1 Å². The van der Waals surface area contributed by atoms with Gasteiger partial charge in [-0.05, 0) is 48.7 Å². The van der Waals surface area contributed by atoms with Crippen LogP contribution in [0.15, 0.2) is 48.5 Å². The quantitative estimate of drug-likeness (QED) is 0.832. The summed E-state index contributed by atoms with van der Waals surface area (Å²) in [5.41, 5.74) is 5.35. The predicted octanol–water partition coefficient (Wildman–Crippen LogP) is 3.30. The van der Waals surface area contributed by atoms with Gasteiger partial charge in [-0.1, -0.05) is 48.5 Å². The first-order chi connectivity index (χ1) is 9.85. The van der Waals surface area contributed by atoms with Crippen LogP contribution in [0, 0.1) is 0 Å². The minimum absolute atomic E-state index is 0.769. The summed E-state index contributed by atoms with van der Waals surface area (Å²) in [7, 11) is 3.74. The van der Waals surface area contributed by atoms with Crippen molar-refractivity contribution in [3.8, 4) is 11.1 Å². The zero-order valence-electron chi connectivity index (χ0n) is 12.4. The largest absolute Gasteiger partial charge is 0.384 e. The zero-order chi connectivity index (χ0) is 14.2. The lowest BCUT2D eigenvalue weighted by atomic mass is 9.96. The molecule has 2 rings (SSSR count). The average Bonchev–Trinajstić information content (AvgIpc) is 2.51. The summed E-state index contributed by atoms with van der Waals surface area (Å²) in [6, 6.07) is 17.4. The fraction of sp³-hybridized carbons (Fsp3) is 0.333. The third kappa shape index (κ3) is 3.92. The van der Waals surface area contributed by atoms with Crippen molar-refractivity contribution in [2.75, 3.05) is 27.3 Å². The number of nitrogens with one attached hydrogen (secondary N) is 1. The molecule has 0 heterocycles. The molecule has 0 saturated heterocycles. The number of methoxy groups -OCH3 is 1. The van der Waals surface area contributed by atoms with Gasteiger partial charge in [-0.15, -0.1) is 0 Å². The molecule has 0 bridgehead atoms. The van der Waals surface area contributed by atoms with Gasteiger partial charge in [0.2, 0.25) is 0 Å². The van der Waals surface area contributed by atoms with Crippen molar-refractivity contribution in [2.24, 2.45) is 0 Å². The second-order valence-corrected chi connectivity index (χ2v) is 4.95. The van der Waals surface area contributed by atoms with E-state index >= 15 is 0 Å². The van der Waals surface area contributed by atoms with Gasteiger partial charge in [0, 0.05) is 7.11 Å². The van der Waals surface area contributed by atoms with Gasteiger partial charge in [-0.2, -0.15) is 0 Å². The van der Waals surface area contributed by atoms with E-state index in [2.05, 4.69) is 53.8 Å². The van der Waals surface area contributed by atoms with Crippen molar-refractivity contribution in [3.63, 3.8) is 0 Å². The first-order valence-corrected chi connectivity index (χ1v) is 7.16. The summed E-state index contributed by atoms with van der Waals surface area (Å²) in [6.45, 7) is 1.77. The van der Waals surface area contributed by atoms with Crippen LogP contribution in [0.2, 0.25) is 0 Å². The number of hydrogen-bond acceptors (Lipinski definition) is 2. The van der Waals surface area contributed by atoms with E-state index in [1.807, 2.05) is 7.05 Å². The molecule has 2 aromatic carbocycles. The fourth-order valence-electron chi connectivity index (χ4n) is 2.39. The second-order valence-electron chi connectivity index (χ2n) is 4.95. The maximum absolute atomic E-state index is 5.16. The topological polar surface area (TPSA) is 21.3 Å². The van der Waals surface area contributed by atoms with Crippen molar-refractivity contribution in [3.05, 3.63) is 59.7 Å². The smallest absolute Gasteiger partial charge is 0.0502 e. The number of hydrogen-bond donors (Lipinski definition) is 1. The normalized spacial score (nSPS) is 10.7. The maximum Gasteiger partial charge on any atom is 0.0502 e. The van der Waals surface area contributed by atoms with Crippen LogP contribution in [-0.2, 0) is 17.6 Å². The lowest BCUT2D eigenvalue weighted by Gasteiger charge is -2.11. The number of benzene rings is 2. The summed E-state index contributed by atoms with van der Waals surface area (Å²) in [5, 5.41) is 3.22. The third-order valence-corrected chi connectivity index (χ3v) is 3.49. The van der Waals surface area contributed by atoms with Crippen LogP contribution in [0.25, 0.3) is 11.1 Å². The van der Waals surface area contributed by atoms with Crippen LogP contribution in [0.5, 0.6) is 0 Å². The molecule has 0 spiro atoms. The van der Waals surface area contributed by atoms with Crippen molar-refractivity contribution in [1.82, 2.24) is 5.32 Å². The molecule has 2 heteroatoms. The van der Waals surface area contributed by atoms with E-state index in [1.54, 1.807) is 7.11 Å². The standard InChI is InChI=1S/C18H23NO/c1-19-12-10-16-7-3-4-9-18(16)17-8-5-6-15(14-17)11-13-20-2/h3-9,14,19H,10-13H2,1-2H3. The highest BCUT2D eigenvalue weighted by Gasteiger charge is 2.05. The SMILES string of the molecule is CNCCc1ccccc1-c1cccc(CCOC)c1. The van der Waals surface area contributed by atoms with Gasteiger partial charge in [0.1, 0.15) is 0 Å². The molecule has 106 valence electrons. The molecule has 0 fully saturated rings. The Morgan fingerprint density at radius 2 is 1.85 bits per heavy atom. The molecular weight excluding hydrogens is 246 g/mol. The molecule has 0 aromatic heterocycles. The Morgan fingerprint density at radius 1 is 1.00 bits per heavy atom. The van der Waals surface area contributed by atoms with Gasteiger partial charge >= 0.3 is 0 Å². The molecule has 0 atom stereocenters. The van der Waals surface area contributed by atoms with Crippen LogP contribution >= 0.6 is 0 Å². The summed E-state index contributed by atoms with van der Waals surface area (Å²) in [5.74, 6) is 0. The fourth-order valence-corrected chi connectivity index (χ4v) is 2.39. The summed E-state index contributed by atoms with van der Waals surface area (Å²) in [6.07, 6.45) is 2.01. The lowest BCUT2D eigenvalue weighted by molar-refractivity contribution is 0.202. The second kappa shape index (κ2) is 7.83. The van der Waals surface area contributed by atoms with Gasteiger partial charge < -0.3 is 10.1 Å². The van der Waals surface area contributed by atoms with Crippen LogP contribution in [0.3, 0.4) is 0 Å². The Labute approximate surface area is 121 Å². The highest BCUT2D eigenvalue weighted by molar-refractivity contribution is 5.68.